The molecule has 0 fully saturated rings. The number of ether oxygens (including phenoxy) is 1. The standard InChI is InChI=1S/C13H16N2O3/c1-8(17-2)7-15-13(16)12-6-9-5-10(14)3-4-11(9)18-12/h3-6,8H,7,14H2,1-2H3,(H,15,16). The van der Waals surface area contributed by atoms with Crippen LogP contribution in [0.3, 0.4) is 0 Å². The summed E-state index contributed by atoms with van der Waals surface area (Å²) in [6.45, 7) is 2.31. The number of anilines is 1. The number of carbonyl (C=O) groups excluding carboxylic acids is 1. The quantitative estimate of drug-likeness (QED) is 0.808. The lowest BCUT2D eigenvalue weighted by atomic mass is 10.2. The average molecular weight is 248 g/mol. The molecule has 3 N–H and O–H groups in total. The Labute approximate surface area is 105 Å². The predicted octanol–water partition coefficient (Wildman–Crippen LogP) is 1.78. The molecule has 0 spiro atoms. The Hall–Kier alpha value is -2.01. The van der Waals surface area contributed by atoms with Crippen LogP contribution in [0.5, 0.6) is 0 Å². The number of hydrogen-bond acceptors (Lipinski definition) is 4. The van der Waals surface area contributed by atoms with Gasteiger partial charge in [0.2, 0.25) is 0 Å². The topological polar surface area (TPSA) is 77.5 Å². The second-order valence-corrected chi connectivity index (χ2v) is 4.16. The van der Waals surface area contributed by atoms with Gasteiger partial charge in [-0.3, -0.25) is 4.79 Å². The molecular formula is C13H16N2O3. The second-order valence-electron chi connectivity index (χ2n) is 4.16. The number of fused-ring (bicyclic) bond motifs is 1. The fraction of sp³-hybridized carbons (Fsp3) is 0.308. The van der Waals surface area contributed by atoms with E-state index in [-0.39, 0.29) is 17.8 Å². The smallest absolute Gasteiger partial charge is 0.287 e. The largest absolute Gasteiger partial charge is 0.451 e. The lowest BCUT2D eigenvalue weighted by Crippen LogP contribution is -2.31. The lowest BCUT2D eigenvalue weighted by molar-refractivity contribution is 0.0848. The Morgan fingerprint density at radius 1 is 1.50 bits per heavy atom. The molecule has 18 heavy (non-hydrogen) atoms. The summed E-state index contributed by atoms with van der Waals surface area (Å²) in [5.74, 6) is 0.0209. The Bertz CT molecular complexity index is 562. The van der Waals surface area contributed by atoms with Crippen molar-refractivity contribution >= 4 is 22.6 Å². The van der Waals surface area contributed by atoms with Crippen LogP contribution < -0.4 is 11.1 Å². The summed E-state index contributed by atoms with van der Waals surface area (Å²) in [4.78, 5) is 11.8. The van der Waals surface area contributed by atoms with Crippen molar-refractivity contribution in [3.05, 3.63) is 30.0 Å². The predicted molar refractivity (Wildman–Crippen MR) is 69.4 cm³/mol. The first-order chi connectivity index (χ1) is 8.60. The molecule has 96 valence electrons. The number of amides is 1. The highest BCUT2D eigenvalue weighted by Gasteiger charge is 2.12. The van der Waals surface area contributed by atoms with Gasteiger partial charge in [0.05, 0.1) is 6.10 Å². The van der Waals surface area contributed by atoms with E-state index in [1.807, 2.05) is 6.92 Å². The van der Waals surface area contributed by atoms with Crippen LogP contribution in [0.1, 0.15) is 17.5 Å². The number of nitrogen functional groups attached to an aromatic ring is 1. The van der Waals surface area contributed by atoms with E-state index in [1.165, 1.54) is 0 Å². The number of nitrogens with two attached hydrogens (primary N) is 1. The maximum atomic E-state index is 11.8. The summed E-state index contributed by atoms with van der Waals surface area (Å²) in [7, 11) is 1.60. The molecule has 1 amide bonds. The lowest BCUT2D eigenvalue weighted by Gasteiger charge is -2.09. The van der Waals surface area contributed by atoms with Crippen LogP contribution >= 0.6 is 0 Å². The van der Waals surface area contributed by atoms with E-state index in [9.17, 15) is 4.79 Å². The van der Waals surface area contributed by atoms with E-state index in [1.54, 1.807) is 31.4 Å². The SMILES string of the molecule is COC(C)CNC(=O)c1cc2cc(N)ccc2o1. The zero-order chi connectivity index (χ0) is 13.1. The summed E-state index contributed by atoms with van der Waals surface area (Å²) < 4.78 is 10.5. The second kappa shape index (κ2) is 5.10. The van der Waals surface area contributed by atoms with Crippen LogP contribution in [0.25, 0.3) is 11.0 Å². The van der Waals surface area contributed by atoms with Gasteiger partial charge in [-0.15, -0.1) is 0 Å². The van der Waals surface area contributed by atoms with E-state index in [2.05, 4.69) is 5.32 Å². The van der Waals surface area contributed by atoms with Crippen molar-refractivity contribution in [2.45, 2.75) is 13.0 Å². The molecule has 5 nitrogen and oxygen atoms in total. The Morgan fingerprint density at radius 2 is 2.28 bits per heavy atom. The van der Waals surface area contributed by atoms with Gasteiger partial charge < -0.3 is 20.2 Å². The molecule has 0 aliphatic carbocycles. The number of furan rings is 1. The summed E-state index contributed by atoms with van der Waals surface area (Å²) >= 11 is 0. The van der Waals surface area contributed by atoms with Gasteiger partial charge in [0.1, 0.15) is 5.58 Å². The molecule has 1 aromatic carbocycles. The summed E-state index contributed by atoms with van der Waals surface area (Å²) in [5.41, 5.74) is 6.96. The molecule has 2 aromatic rings. The van der Waals surface area contributed by atoms with Crippen molar-refractivity contribution in [3.8, 4) is 0 Å². The fourth-order valence-corrected chi connectivity index (χ4v) is 1.58. The normalized spacial score (nSPS) is 12.6. The first kappa shape index (κ1) is 12.4. The van der Waals surface area contributed by atoms with Crippen molar-refractivity contribution in [2.75, 3.05) is 19.4 Å². The van der Waals surface area contributed by atoms with Gasteiger partial charge in [0, 0.05) is 24.7 Å². The monoisotopic (exact) mass is 248 g/mol. The number of hydrogen-bond donors (Lipinski definition) is 2. The highest BCUT2D eigenvalue weighted by molar-refractivity contribution is 5.96. The molecule has 0 aliphatic heterocycles. The fourth-order valence-electron chi connectivity index (χ4n) is 1.58. The van der Waals surface area contributed by atoms with Gasteiger partial charge in [-0.25, -0.2) is 0 Å². The van der Waals surface area contributed by atoms with Gasteiger partial charge in [0.15, 0.2) is 5.76 Å². The molecule has 1 heterocycles. The van der Waals surface area contributed by atoms with E-state index in [4.69, 9.17) is 14.9 Å². The minimum absolute atomic E-state index is 0.0334. The van der Waals surface area contributed by atoms with Crippen LogP contribution in [0.15, 0.2) is 28.7 Å². The first-order valence-corrected chi connectivity index (χ1v) is 5.70. The van der Waals surface area contributed by atoms with Crippen LogP contribution in [0, 0.1) is 0 Å². The number of carbonyl (C=O) groups is 1. The summed E-state index contributed by atoms with van der Waals surface area (Å²) in [6, 6.07) is 6.94. The maximum Gasteiger partial charge on any atom is 0.287 e. The van der Waals surface area contributed by atoms with Crippen molar-refractivity contribution < 1.29 is 13.9 Å². The van der Waals surface area contributed by atoms with E-state index in [0.717, 1.165) is 5.39 Å². The number of benzene rings is 1. The van der Waals surface area contributed by atoms with Gasteiger partial charge in [0.25, 0.3) is 5.91 Å². The van der Waals surface area contributed by atoms with Crippen LogP contribution in [0.2, 0.25) is 0 Å². The van der Waals surface area contributed by atoms with Crippen LogP contribution in [-0.2, 0) is 4.74 Å². The maximum absolute atomic E-state index is 11.8. The Morgan fingerprint density at radius 3 is 3.00 bits per heavy atom. The molecular weight excluding hydrogens is 232 g/mol. The molecule has 1 unspecified atom stereocenters. The molecule has 2 rings (SSSR count). The van der Waals surface area contributed by atoms with Gasteiger partial charge in [-0.2, -0.15) is 0 Å². The molecule has 0 saturated carbocycles. The molecule has 0 radical (unpaired) electrons. The number of nitrogens with one attached hydrogen (secondary N) is 1. The Balaban J connectivity index is 2.13. The van der Waals surface area contributed by atoms with Crippen LogP contribution in [0.4, 0.5) is 5.69 Å². The van der Waals surface area contributed by atoms with E-state index in [0.29, 0.717) is 17.8 Å². The third kappa shape index (κ3) is 2.62. The minimum atomic E-state index is -0.256. The summed E-state index contributed by atoms with van der Waals surface area (Å²) in [5, 5.41) is 3.56. The first-order valence-electron chi connectivity index (χ1n) is 5.70. The van der Waals surface area contributed by atoms with Gasteiger partial charge in [-0.1, -0.05) is 0 Å². The highest BCUT2D eigenvalue weighted by Crippen LogP contribution is 2.21. The zero-order valence-electron chi connectivity index (χ0n) is 10.4. The van der Waals surface area contributed by atoms with E-state index >= 15 is 0 Å². The van der Waals surface area contributed by atoms with Crippen molar-refractivity contribution in [1.29, 1.82) is 0 Å². The van der Waals surface area contributed by atoms with Crippen LogP contribution in [-0.4, -0.2) is 25.7 Å². The summed E-state index contributed by atoms with van der Waals surface area (Å²) in [6.07, 6.45) is -0.0334. The van der Waals surface area contributed by atoms with Crippen molar-refractivity contribution in [2.24, 2.45) is 0 Å². The van der Waals surface area contributed by atoms with Crippen molar-refractivity contribution in [3.63, 3.8) is 0 Å². The third-order valence-electron chi connectivity index (χ3n) is 2.72. The van der Waals surface area contributed by atoms with Gasteiger partial charge >= 0.3 is 0 Å². The molecule has 0 aliphatic rings. The van der Waals surface area contributed by atoms with E-state index < -0.39 is 0 Å². The third-order valence-corrected chi connectivity index (χ3v) is 2.72. The zero-order valence-corrected chi connectivity index (χ0v) is 10.4. The minimum Gasteiger partial charge on any atom is -0.451 e. The molecule has 0 saturated heterocycles. The van der Waals surface area contributed by atoms with Crippen molar-refractivity contribution in [1.82, 2.24) is 5.32 Å². The Kier molecular flexibility index (Phi) is 3.53. The number of rotatable bonds is 4. The molecule has 5 heteroatoms. The average Bonchev–Trinajstić information content (AvgIpc) is 2.78. The highest BCUT2D eigenvalue weighted by atomic mass is 16.5. The number of methoxy groups -OCH3 is 1. The molecule has 1 aromatic heterocycles. The van der Waals surface area contributed by atoms with Gasteiger partial charge in [-0.05, 0) is 31.2 Å². The molecule has 0 bridgehead atoms. The molecule has 1 atom stereocenters.